The molecule has 1 atom stereocenters. The molecule has 0 aliphatic carbocycles. The Labute approximate surface area is 85.1 Å². The highest BCUT2D eigenvalue weighted by Gasteiger charge is 2.52. The molecule has 1 heterocycles. The fourth-order valence-electron chi connectivity index (χ4n) is 0.944. The van der Waals surface area contributed by atoms with Crippen LogP contribution in [0.3, 0.4) is 0 Å². The van der Waals surface area contributed by atoms with E-state index in [0.717, 1.165) is 13.1 Å². The molecule has 0 aromatic carbocycles. The topological polar surface area (TPSA) is 30.0 Å². The van der Waals surface area contributed by atoms with Gasteiger partial charge in [-0.3, -0.25) is 9.78 Å². The molecule has 0 saturated heterocycles. The maximum atomic E-state index is 12.5. The Morgan fingerprint density at radius 3 is 2.47 bits per heavy atom. The maximum absolute atomic E-state index is 12.5. The van der Waals surface area contributed by atoms with Crippen molar-refractivity contribution in [3.05, 3.63) is 37.0 Å². The summed E-state index contributed by atoms with van der Waals surface area (Å²) in [5.74, 6) is -1.08. The second kappa shape index (κ2) is 3.64. The number of alkyl halides is 3. The molecule has 0 bridgehead atoms. The highest BCUT2D eigenvalue weighted by molar-refractivity contribution is 6.01. The summed E-state index contributed by atoms with van der Waals surface area (Å²) in [5, 5.41) is 0. The molecule has 0 aliphatic heterocycles. The predicted octanol–water partition coefficient (Wildman–Crippen LogP) is 2.67. The van der Waals surface area contributed by atoms with Crippen LogP contribution < -0.4 is 0 Å². The summed E-state index contributed by atoms with van der Waals surface area (Å²) in [6, 6.07) is 2.68. The van der Waals surface area contributed by atoms with Crippen LogP contribution in [-0.2, 0) is 0 Å². The van der Waals surface area contributed by atoms with Crippen molar-refractivity contribution in [2.24, 2.45) is 5.41 Å². The smallest absolute Gasteiger partial charge is 0.293 e. The van der Waals surface area contributed by atoms with Crippen molar-refractivity contribution >= 4 is 5.78 Å². The molecule has 1 radical (unpaired) electrons. The lowest BCUT2D eigenvalue weighted by atomic mass is 9.84. The van der Waals surface area contributed by atoms with E-state index >= 15 is 0 Å². The summed E-state index contributed by atoms with van der Waals surface area (Å²) in [6.07, 6.45) is -2.19. The number of pyridine rings is 1. The van der Waals surface area contributed by atoms with Crippen molar-refractivity contribution < 1.29 is 18.0 Å². The predicted molar refractivity (Wildman–Crippen MR) is 48.1 cm³/mol. The van der Waals surface area contributed by atoms with Crippen molar-refractivity contribution in [1.82, 2.24) is 4.98 Å². The summed E-state index contributed by atoms with van der Waals surface area (Å²) in [4.78, 5) is 15.1. The second-order valence-electron chi connectivity index (χ2n) is 3.40. The molecule has 0 fully saturated rings. The van der Waals surface area contributed by atoms with Crippen LogP contribution in [0, 0.1) is 12.3 Å². The highest BCUT2D eigenvalue weighted by atomic mass is 19.4. The van der Waals surface area contributed by atoms with Crippen LogP contribution >= 0.6 is 0 Å². The van der Waals surface area contributed by atoms with E-state index in [0.29, 0.717) is 0 Å². The number of Topliss-reactive ketones (excluding diaryl/α,β-unsaturated/α-hetero) is 1. The monoisotopic (exact) mass is 216 g/mol. The number of halogens is 3. The van der Waals surface area contributed by atoms with Gasteiger partial charge in [-0.2, -0.15) is 13.2 Å². The van der Waals surface area contributed by atoms with Crippen molar-refractivity contribution in [2.75, 3.05) is 0 Å². The van der Waals surface area contributed by atoms with Gasteiger partial charge in [0.1, 0.15) is 5.41 Å². The molecular formula is C10H9F3NO. The highest BCUT2D eigenvalue weighted by Crippen LogP contribution is 2.39. The maximum Gasteiger partial charge on any atom is 0.401 e. The Kier molecular flexibility index (Phi) is 2.83. The van der Waals surface area contributed by atoms with Crippen LogP contribution in [0.15, 0.2) is 24.5 Å². The first-order valence-corrected chi connectivity index (χ1v) is 4.14. The Bertz CT molecular complexity index is 357. The van der Waals surface area contributed by atoms with Gasteiger partial charge in [-0.25, -0.2) is 0 Å². The first-order valence-electron chi connectivity index (χ1n) is 4.14. The molecule has 1 rings (SSSR count). The molecule has 1 unspecified atom stereocenters. The zero-order chi connectivity index (χ0) is 11.7. The van der Waals surface area contributed by atoms with Gasteiger partial charge in [-0.15, -0.1) is 0 Å². The van der Waals surface area contributed by atoms with Crippen LogP contribution in [0.5, 0.6) is 0 Å². The summed E-state index contributed by atoms with van der Waals surface area (Å²) < 4.78 is 37.4. The van der Waals surface area contributed by atoms with Crippen molar-refractivity contribution in [1.29, 1.82) is 0 Å². The number of hydrogen-bond acceptors (Lipinski definition) is 2. The van der Waals surface area contributed by atoms with E-state index in [9.17, 15) is 18.0 Å². The second-order valence-corrected chi connectivity index (χ2v) is 3.40. The fourth-order valence-corrected chi connectivity index (χ4v) is 0.944. The lowest BCUT2D eigenvalue weighted by molar-refractivity contribution is -0.183. The fraction of sp³-hybridized carbons (Fsp3) is 0.300. The summed E-state index contributed by atoms with van der Waals surface area (Å²) in [5.41, 5.74) is -2.72. The van der Waals surface area contributed by atoms with E-state index < -0.39 is 17.4 Å². The largest absolute Gasteiger partial charge is 0.401 e. The normalized spacial score (nSPS) is 12.6. The van der Waals surface area contributed by atoms with Gasteiger partial charge in [0.15, 0.2) is 5.78 Å². The average molecular weight is 216 g/mol. The lowest BCUT2D eigenvalue weighted by Gasteiger charge is -2.25. The van der Waals surface area contributed by atoms with Crippen molar-refractivity contribution in [2.45, 2.75) is 13.1 Å². The van der Waals surface area contributed by atoms with Gasteiger partial charge in [0, 0.05) is 18.0 Å². The van der Waals surface area contributed by atoms with Gasteiger partial charge in [0.2, 0.25) is 0 Å². The Morgan fingerprint density at radius 2 is 2.07 bits per heavy atom. The SMILES string of the molecule is [CH2]C(C)(C(=O)c1cccnc1)C(F)(F)F. The van der Waals surface area contributed by atoms with E-state index in [1.165, 1.54) is 18.3 Å². The molecule has 2 nitrogen and oxygen atoms in total. The third-order valence-corrected chi connectivity index (χ3v) is 2.05. The van der Waals surface area contributed by atoms with Crippen LogP contribution in [0.2, 0.25) is 0 Å². The van der Waals surface area contributed by atoms with Gasteiger partial charge in [-0.05, 0) is 26.0 Å². The molecule has 81 valence electrons. The molecule has 0 N–H and O–H groups in total. The Hall–Kier alpha value is -1.39. The third kappa shape index (κ3) is 2.16. The van der Waals surface area contributed by atoms with Crippen LogP contribution in [0.4, 0.5) is 13.2 Å². The number of rotatable bonds is 2. The van der Waals surface area contributed by atoms with E-state index in [1.54, 1.807) is 0 Å². The van der Waals surface area contributed by atoms with Crippen molar-refractivity contribution in [3.63, 3.8) is 0 Å². The third-order valence-electron chi connectivity index (χ3n) is 2.05. The quantitative estimate of drug-likeness (QED) is 0.711. The lowest BCUT2D eigenvalue weighted by Crippen LogP contribution is -2.40. The number of aromatic nitrogens is 1. The first-order chi connectivity index (χ1) is 6.77. The molecule has 1 aromatic heterocycles. The molecule has 0 saturated carbocycles. The standard InChI is InChI=1S/C10H9F3NO/c1-9(2,10(11,12)13)8(15)7-4-3-5-14-6-7/h3-6H,1H2,2H3. The number of hydrogen-bond donors (Lipinski definition) is 0. The van der Waals surface area contributed by atoms with E-state index in [4.69, 9.17) is 0 Å². The number of carbonyl (C=O) groups excluding carboxylic acids is 1. The van der Waals surface area contributed by atoms with E-state index in [1.807, 2.05) is 0 Å². The molecule has 15 heavy (non-hydrogen) atoms. The zero-order valence-corrected chi connectivity index (χ0v) is 8.01. The van der Waals surface area contributed by atoms with Gasteiger partial charge < -0.3 is 0 Å². The van der Waals surface area contributed by atoms with Gasteiger partial charge in [0.05, 0.1) is 0 Å². The molecule has 0 spiro atoms. The molecule has 0 aliphatic rings. The summed E-state index contributed by atoms with van der Waals surface area (Å²) in [6.45, 7) is 3.67. The molecule has 1 aromatic rings. The van der Waals surface area contributed by atoms with E-state index in [-0.39, 0.29) is 5.56 Å². The molecule has 0 amide bonds. The minimum Gasteiger partial charge on any atom is -0.293 e. The molecule has 5 heteroatoms. The van der Waals surface area contributed by atoms with Crippen LogP contribution in [0.25, 0.3) is 0 Å². The minimum atomic E-state index is -4.67. The molecular weight excluding hydrogens is 207 g/mol. The minimum absolute atomic E-state index is 0.0904. The number of ketones is 1. The summed E-state index contributed by atoms with van der Waals surface area (Å²) in [7, 11) is 0. The van der Waals surface area contributed by atoms with Crippen LogP contribution in [0.1, 0.15) is 17.3 Å². The zero-order valence-electron chi connectivity index (χ0n) is 8.01. The van der Waals surface area contributed by atoms with Gasteiger partial charge in [-0.1, -0.05) is 0 Å². The number of nitrogens with zero attached hydrogens (tertiary/aromatic N) is 1. The Balaban J connectivity index is 3.06. The number of carbonyl (C=O) groups is 1. The van der Waals surface area contributed by atoms with Crippen LogP contribution in [-0.4, -0.2) is 16.9 Å². The van der Waals surface area contributed by atoms with Gasteiger partial charge in [0.25, 0.3) is 0 Å². The van der Waals surface area contributed by atoms with E-state index in [2.05, 4.69) is 11.9 Å². The van der Waals surface area contributed by atoms with Gasteiger partial charge >= 0.3 is 6.18 Å². The first kappa shape index (κ1) is 11.7. The average Bonchev–Trinajstić information content (AvgIpc) is 2.16. The summed E-state index contributed by atoms with van der Waals surface area (Å²) >= 11 is 0. The van der Waals surface area contributed by atoms with Crippen molar-refractivity contribution in [3.8, 4) is 0 Å². The Morgan fingerprint density at radius 1 is 1.47 bits per heavy atom.